The summed E-state index contributed by atoms with van der Waals surface area (Å²) in [4.78, 5) is 0. The second-order valence-electron chi connectivity index (χ2n) is 4.04. The molecule has 1 rings (SSSR count). The average Bonchev–Trinajstić information content (AvgIpc) is 2.30. The van der Waals surface area contributed by atoms with Gasteiger partial charge in [0.2, 0.25) is 0 Å². The Labute approximate surface area is 111 Å². The minimum Gasteiger partial charge on any atom is -0.380 e. The lowest BCUT2D eigenvalue weighted by Gasteiger charge is -2.24. The Hall–Kier alpha value is -0.450. The predicted octanol–water partition coefficient (Wildman–Crippen LogP) is 3.14. The van der Waals surface area contributed by atoms with Crippen molar-refractivity contribution in [3.63, 3.8) is 0 Å². The lowest BCUT2D eigenvalue weighted by atomic mass is 10.0. The van der Waals surface area contributed by atoms with Gasteiger partial charge in [-0.1, -0.05) is 28.9 Å². The average molecular weight is 304 g/mol. The smallest absolute Gasteiger partial charge is 0.127 e. The van der Waals surface area contributed by atoms with Crippen LogP contribution < -0.4 is 5.32 Å². The zero-order chi connectivity index (χ0) is 12.8. The minimum atomic E-state index is -0.175. The van der Waals surface area contributed by atoms with Crippen LogP contribution in [0.5, 0.6) is 0 Å². The summed E-state index contributed by atoms with van der Waals surface area (Å²) < 4.78 is 19.8. The Morgan fingerprint density at radius 3 is 2.71 bits per heavy atom. The molecule has 2 nitrogen and oxygen atoms in total. The first-order valence-electron chi connectivity index (χ1n) is 5.78. The van der Waals surface area contributed by atoms with Crippen LogP contribution in [0.4, 0.5) is 4.39 Å². The SMILES string of the molecule is CCNC(Cc1ccc(Br)cc1F)C(C)OC. The summed E-state index contributed by atoms with van der Waals surface area (Å²) in [6, 6.07) is 5.29. The summed E-state index contributed by atoms with van der Waals surface area (Å²) in [5, 5.41) is 3.32. The van der Waals surface area contributed by atoms with E-state index in [9.17, 15) is 4.39 Å². The van der Waals surface area contributed by atoms with Crippen molar-refractivity contribution in [2.24, 2.45) is 0 Å². The summed E-state index contributed by atoms with van der Waals surface area (Å²) >= 11 is 3.26. The van der Waals surface area contributed by atoms with Gasteiger partial charge in [0.15, 0.2) is 0 Å². The number of ether oxygens (including phenoxy) is 1. The van der Waals surface area contributed by atoms with E-state index in [1.54, 1.807) is 7.11 Å². The van der Waals surface area contributed by atoms with Crippen molar-refractivity contribution < 1.29 is 9.13 Å². The Morgan fingerprint density at radius 2 is 2.18 bits per heavy atom. The van der Waals surface area contributed by atoms with Gasteiger partial charge in [0.05, 0.1) is 6.10 Å². The Morgan fingerprint density at radius 1 is 1.47 bits per heavy atom. The molecule has 2 atom stereocenters. The van der Waals surface area contributed by atoms with Crippen LogP contribution in [-0.4, -0.2) is 25.8 Å². The Bertz CT molecular complexity index is 359. The number of rotatable bonds is 6. The van der Waals surface area contributed by atoms with Crippen molar-refractivity contribution >= 4 is 15.9 Å². The van der Waals surface area contributed by atoms with Gasteiger partial charge in [-0.05, 0) is 37.6 Å². The number of methoxy groups -OCH3 is 1. The quantitative estimate of drug-likeness (QED) is 0.872. The summed E-state index contributed by atoms with van der Waals surface area (Å²) in [5.41, 5.74) is 0.711. The van der Waals surface area contributed by atoms with Crippen molar-refractivity contribution in [2.75, 3.05) is 13.7 Å². The van der Waals surface area contributed by atoms with E-state index in [1.165, 1.54) is 6.07 Å². The third-order valence-electron chi connectivity index (χ3n) is 2.86. The zero-order valence-corrected chi connectivity index (χ0v) is 12.1. The third kappa shape index (κ3) is 4.37. The first-order chi connectivity index (χ1) is 8.08. The Kier molecular flexibility index (Phi) is 6.09. The van der Waals surface area contributed by atoms with Crippen LogP contribution in [-0.2, 0) is 11.2 Å². The van der Waals surface area contributed by atoms with Crippen molar-refractivity contribution in [1.29, 1.82) is 0 Å². The van der Waals surface area contributed by atoms with Gasteiger partial charge in [0.25, 0.3) is 0 Å². The fourth-order valence-corrected chi connectivity index (χ4v) is 2.09. The van der Waals surface area contributed by atoms with Gasteiger partial charge < -0.3 is 10.1 Å². The maximum atomic E-state index is 13.7. The van der Waals surface area contributed by atoms with Crippen LogP contribution in [0.2, 0.25) is 0 Å². The predicted molar refractivity (Wildman–Crippen MR) is 71.7 cm³/mol. The van der Waals surface area contributed by atoms with Crippen LogP contribution in [0.3, 0.4) is 0 Å². The van der Waals surface area contributed by atoms with Gasteiger partial charge in [-0.2, -0.15) is 0 Å². The van der Waals surface area contributed by atoms with E-state index in [2.05, 4.69) is 21.2 Å². The van der Waals surface area contributed by atoms with Gasteiger partial charge in [0.1, 0.15) is 5.82 Å². The molecule has 0 radical (unpaired) electrons. The molecular formula is C13H19BrFNO. The molecule has 1 aromatic carbocycles. The maximum Gasteiger partial charge on any atom is 0.127 e. The van der Waals surface area contributed by atoms with Gasteiger partial charge in [-0.15, -0.1) is 0 Å². The highest BCUT2D eigenvalue weighted by atomic mass is 79.9. The molecule has 2 unspecified atom stereocenters. The first-order valence-corrected chi connectivity index (χ1v) is 6.57. The molecule has 0 spiro atoms. The summed E-state index contributed by atoms with van der Waals surface area (Å²) in [6.45, 7) is 4.87. The molecule has 0 heterocycles. The molecule has 0 amide bonds. The number of hydrogen-bond donors (Lipinski definition) is 1. The van der Waals surface area contributed by atoms with Gasteiger partial charge in [-0.3, -0.25) is 0 Å². The third-order valence-corrected chi connectivity index (χ3v) is 3.35. The lowest BCUT2D eigenvalue weighted by molar-refractivity contribution is 0.0833. The largest absolute Gasteiger partial charge is 0.380 e. The highest BCUT2D eigenvalue weighted by Crippen LogP contribution is 2.17. The zero-order valence-electron chi connectivity index (χ0n) is 10.5. The maximum absolute atomic E-state index is 13.7. The number of halogens is 2. The van der Waals surface area contributed by atoms with Crippen molar-refractivity contribution in [2.45, 2.75) is 32.4 Å². The fraction of sp³-hybridized carbons (Fsp3) is 0.538. The van der Waals surface area contributed by atoms with Crippen LogP contribution in [0, 0.1) is 5.82 Å². The van der Waals surface area contributed by atoms with Crippen molar-refractivity contribution in [3.8, 4) is 0 Å². The highest BCUT2D eigenvalue weighted by molar-refractivity contribution is 9.10. The monoisotopic (exact) mass is 303 g/mol. The molecule has 0 aliphatic carbocycles. The molecule has 0 fully saturated rings. The molecule has 0 saturated carbocycles. The molecule has 1 N–H and O–H groups in total. The standard InChI is InChI=1S/C13H19BrFNO/c1-4-16-13(9(2)17-3)7-10-5-6-11(14)8-12(10)15/h5-6,8-9,13,16H,4,7H2,1-3H3. The summed E-state index contributed by atoms with van der Waals surface area (Å²) in [5.74, 6) is -0.175. The van der Waals surface area contributed by atoms with E-state index < -0.39 is 0 Å². The van der Waals surface area contributed by atoms with Crippen LogP contribution in [0.25, 0.3) is 0 Å². The summed E-state index contributed by atoms with van der Waals surface area (Å²) in [6.07, 6.45) is 0.681. The highest BCUT2D eigenvalue weighted by Gasteiger charge is 2.17. The first kappa shape index (κ1) is 14.6. The van der Waals surface area contributed by atoms with Gasteiger partial charge in [-0.25, -0.2) is 4.39 Å². The molecular weight excluding hydrogens is 285 g/mol. The van der Waals surface area contributed by atoms with Gasteiger partial charge >= 0.3 is 0 Å². The van der Waals surface area contributed by atoms with E-state index in [4.69, 9.17) is 4.74 Å². The van der Waals surface area contributed by atoms with Crippen LogP contribution >= 0.6 is 15.9 Å². The number of hydrogen-bond acceptors (Lipinski definition) is 2. The van der Waals surface area contributed by atoms with Gasteiger partial charge in [0, 0.05) is 17.6 Å². The Balaban J connectivity index is 2.78. The molecule has 0 aromatic heterocycles. The molecule has 0 aliphatic heterocycles. The van der Waals surface area contributed by atoms with E-state index in [-0.39, 0.29) is 18.0 Å². The second-order valence-corrected chi connectivity index (χ2v) is 4.96. The van der Waals surface area contributed by atoms with Crippen molar-refractivity contribution in [3.05, 3.63) is 34.1 Å². The number of nitrogens with one attached hydrogen (secondary N) is 1. The van der Waals surface area contributed by atoms with Crippen molar-refractivity contribution in [1.82, 2.24) is 5.32 Å². The number of benzene rings is 1. The molecule has 96 valence electrons. The lowest BCUT2D eigenvalue weighted by Crippen LogP contribution is -2.41. The second kappa shape index (κ2) is 7.09. The molecule has 17 heavy (non-hydrogen) atoms. The van der Waals surface area contributed by atoms with Crippen LogP contribution in [0.15, 0.2) is 22.7 Å². The number of likely N-dealkylation sites (N-methyl/N-ethyl adjacent to an activating group) is 1. The molecule has 4 heteroatoms. The molecule has 0 aliphatic rings. The topological polar surface area (TPSA) is 21.3 Å². The van der Waals surface area contributed by atoms with E-state index in [0.29, 0.717) is 12.0 Å². The fourth-order valence-electron chi connectivity index (χ4n) is 1.75. The molecule has 1 aromatic rings. The molecule has 0 saturated heterocycles. The van der Waals surface area contributed by atoms with E-state index in [1.807, 2.05) is 26.0 Å². The summed E-state index contributed by atoms with van der Waals surface area (Å²) in [7, 11) is 1.67. The molecule has 0 bridgehead atoms. The normalized spacial score (nSPS) is 14.6. The van der Waals surface area contributed by atoms with E-state index >= 15 is 0 Å². The minimum absolute atomic E-state index is 0.0537. The van der Waals surface area contributed by atoms with E-state index in [0.717, 1.165) is 11.0 Å². The van der Waals surface area contributed by atoms with Crippen LogP contribution in [0.1, 0.15) is 19.4 Å².